The van der Waals surface area contributed by atoms with Crippen LogP contribution in [0.4, 0.5) is 5.69 Å². The highest BCUT2D eigenvalue weighted by Gasteiger charge is 2.07. The van der Waals surface area contributed by atoms with Gasteiger partial charge in [-0.2, -0.15) is 0 Å². The second kappa shape index (κ2) is 4.37. The minimum Gasteiger partial charge on any atom is -0.326 e. The van der Waals surface area contributed by atoms with Gasteiger partial charge in [0, 0.05) is 17.5 Å². The van der Waals surface area contributed by atoms with Crippen LogP contribution in [-0.2, 0) is 4.79 Å². The summed E-state index contributed by atoms with van der Waals surface area (Å²) in [6.07, 6.45) is 0.409. The van der Waals surface area contributed by atoms with E-state index >= 15 is 0 Å². The molecule has 1 amide bonds. The Balaban J connectivity index is 2.54. The van der Waals surface area contributed by atoms with Crippen LogP contribution in [0.5, 0.6) is 0 Å². The molecule has 0 spiro atoms. The molecule has 0 aliphatic rings. The zero-order valence-electron chi connectivity index (χ0n) is 9.61. The van der Waals surface area contributed by atoms with Crippen molar-refractivity contribution >= 4 is 22.4 Å². The average molecular weight is 232 g/mol. The minimum atomic E-state index is -0.473. The molecule has 1 N–H and O–H groups in total. The van der Waals surface area contributed by atoms with Gasteiger partial charge in [-0.25, -0.2) is 4.79 Å². The van der Waals surface area contributed by atoms with Crippen LogP contribution in [0.25, 0.3) is 10.8 Å². The van der Waals surface area contributed by atoms with E-state index in [1.165, 1.54) is 0 Å². The lowest BCUT2D eigenvalue weighted by Crippen LogP contribution is -2.10. The molecule has 17 heavy (non-hydrogen) atoms. The lowest BCUT2D eigenvalue weighted by Gasteiger charge is -2.05. The van der Waals surface area contributed by atoms with E-state index in [2.05, 4.69) is 15.0 Å². The maximum atomic E-state index is 11.4. The fraction of sp³-hybridized carbons (Fsp3) is 0.250. The molecule has 1 aromatic carbocycles. The Kier molecular flexibility index (Phi) is 2.91. The first-order chi connectivity index (χ1) is 8.11. The lowest BCUT2D eigenvalue weighted by atomic mass is 10.1. The molecule has 5 nitrogen and oxygen atoms in total. The third-order valence-corrected chi connectivity index (χ3v) is 2.50. The van der Waals surface area contributed by atoms with Crippen molar-refractivity contribution in [2.24, 2.45) is 0 Å². The SMILES string of the molecule is CCC(=O)Nc1ccc2c(=O)onc(C)c2c1. The van der Waals surface area contributed by atoms with Crippen molar-refractivity contribution in [1.29, 1.82) is 0 Å². The van der Waals surface area contributed by atoms with Gasteiger partial charge in [0.05, 0.1) is 11.1 Å². The third kappa shape index (κ3) is 2.18. The highest BCUT2D eigenvalue weighted by atomic mass is 16.5. The number of rotatable bonds is 2. The van der Waals surface area contributed by atoms with Gasteiger partial charge in [0.25, 0.3) is 0 Å². The molecular formula is C12H12N2O3. The molecule has 1 aromatic heterocycles. The Morgan fingerprint density at radius 2 is 2.18 bits per heavy atom. The van der Waals surface area contributed by atoms with Gasteiger partial charge in [0.2, 0.25) is 5.91 Å². The molecule has 5 heteroatoms. The van der Waals surface area contributed by atoms with E-state index in [0.29, 0.717) is 28.6 Å². The summed E-state index contributed by atoms with van der Waals surface area (Å²) < 4.78 is 4.62. The molecule has 2 rings (SSSR count). The van der Waals surface area contributed by atoms with Crippen molar-refractivity contribution in [2.45, 2.75) is 20.3 Å². The number of nitrogens with one attached hydrogen (secondary N) is 1. The van der Waals surface area contributed by atoms with Gasteiger partial charge in [-0.3, -0.25) is 4.79 Å². The van der Waals surface area contributed by atoms with Crippen LogP contribution in [0.3, 0.4) is 0 Å². The number of hydrogen-bond acceptors (Lipinski definition) is 4. The van der Waals surface area contributed by atoms with Crippen LogP contribution < -0.4 is 10.9 Å². The third-order valence-electron chi connectivity index (χ3n) is 2.50. The molecule has 0 saturated heterocycles. The van der Waals surface area contributed by atoms with Crippen LogP contribution in [-0.4, -0.2) is 11.1 Å². The van der Waals surface area contributed by atoms with Gasteiger partial charge in [-0.1, -0.05) is 12.1 Å². The Bertz CT molecular complexity index is 631. The van der Waals surface area contributed by atoms with Gasteiger partial charge in [0.15, 0.2) is 0 Å². The first-order valence-corrected chi connectivity index (χ1v) is 5.32. The van der Waals surface area contributed by atoms with E-state index < -0.39 is 5.63 Å². The van der Waals surface area contributed by atoms with Crippen molar-refractivity contribution in [3.05, 3.63) is 34.3 Å². The van der Waals surface area contributed by atoms with Crippen LogP contribution in [0.2, 0.25) is 0 Å². The number of anilines is 1. The van der Waals surface area contributed by atoms with Crippen molar-refractivity contribution in [3.63, 3.8) is 0 Å². The van der Waals surface area contributed by atoms with E-state index in [4.69, 9.17) is 0 Å². The summed E-state index contributed by atoms with van der Waals surface area (Å²) in [5.74, 6) is -0.0714. The highest BCUT2D eigenvalue weighted by Crippen LogP contribution is 2.18. The molecule has 0 saturated carbocycles. The summed E-state index contributed by atoms with van der Waals surface area (Å²) in [6.45, 7) is 3.52. The number of amides is 1. The normalized spacial score (nSPS) is 10.5. The smallest absolute Gasteiger partial charge is 0.326 e. The summed E-state index contributed by atoms with van der Waals surface area (Å²) in [5.41, 5.74) is 0.797. The highest BCUT2D eigenvalue weighted by molar-refractivity contribution is 5.94. The fourth-order valence-corrected chi connectivity index (χ4v) is 1.56. The predicted molar refractivity (Wildman–Crippen MR) is 63.9 cm³/mol. The van der Waals surface area contributed by atoms with E-state index in [1.807, 2.05) is 0 Å². The fourth-order valence-electron chi connectivity index (χ4n) is 1.56. The Labute approximate surface area is 97.4 Å². The topological polar surface area (TPSA) is 72.2 Å². The molecule has 0 atom stereocenters. The second-order valence-corrected chi connectivity index (χ2v) is 3.72. The second-order valence-electron chi connectivity index (χ2n) is 3.72. The van der Waals surface area contributed by atoms with Gasteiger partial charge >= 0.3 is 5.63 Å². The van der Waals surface area contributed by atoms with E-state index in [9.17, 15) is 9.59 Å². The maximum Gasteiger partial charge on any atom is 0.366 e. The number of benzene rings is 1. The molecular weight excluding hydrogens is 220 g/mol. The standard InChI is InChI=1S/C12H12N2O3/c1-3-11(15)13-8-4-5-9-10(6-8)7(2)14-17-12(9)16/h4-6H,3H2,1-2H3,(H,13,15). The van der Waals surface area contributed by atoms with Gasteiger partial charge in [-0.15, -0.1) is 0 Å². The number of aromatic nitrogens is 1. The Hall–Kier alpha value is -2.17. The quantitative estimate of drug-likeness (QED) is 0.857. The summed E-state index contributed by atoms with van der Waals surface area (Å²) in [6, 6.07) is 5.02. The van der Waals surface area contributed by atoms with Gasteiger partial charge in [0.1, 0.15) is 0 Å². The molecule has 0 unspecified atom stereocenters. The molecule has 0 aliphatic carbocycles. The molecule has 0 radical (unpaired) electrons. The number of fused-ring (bicyclic) bond motifs is 1. The molecule has 1 heterocycles. The van der Waals surface area contributed by atoms with Gasteiger partial charge < -0.3 is 9.84 Å². The molecule has 0 bridgehead atoms. The monoisotopic (exact) mass is 232 g/mol. The Morgan fingerprint density at radius 3 is 2.88 bits per heavy atom. The first-order valence-electron chi connectivity index (χ1n) is 5.32. The number of aryl methyl sites for hydroxylation is 1. The van der Waals surface area contributed by atoms with E-state index in [-0.39, 0.29) is 5.91 Å². The molecule has 0 fully saturated rings. The lowest BCUT2D eigenvalue weighted by molar-refractivity contribution is -0.115. The van der Waals surface area contributed by atoms with Crippen molar-refractivity contribution < 1.29 is 9.32 Å². The summed E-state index contributed by atoms with van der Waals surface area (Å²) in [5, 5.41) is 7.53. The largest absolute Gasteiger partial charge is 0.366 e. The predicted octanol–water partition coefficient (Wildman–Crippen LogP) is 1.84. The van der Waals surface area contributed by atoms with Gasteiger partial charge in [-0.05, 0) is 25.1 Å². The average Bonchev–Trinajstić information content (AvgIpc) is 2.34. The number of hydrogen-bond donors (Lipinski definition) is 1. The minimum absolute atomic E-state index is 0.0714. The van der Waals surface area contributed by atoms with E-state index in [1.54, 1.807) is 32.0 Å². The zero-order valence-corrected chi connectivity index (χ0v) is 9.61. The molecule has 0 aliphatic heterocycles. The summed E-state index contributed by atoms with van der Waals surface area (Å²) in [7, 11) is 0. The zero-order chi connectivity index (χ0) is 12.4. The van der Waals surface area contributed by atoms with Crippen LogP contribution in [0, 0.1) is 6.92 Å². The van der Waals surface area contributed by atoms with Crippen LogP contribution in [0.15, 0.2) is 27.5 Å². The summed E-state index contributed by atoms with van der Waals surface area (Å²) in [4.78, 5) is 22.7. The molecule has 88 valence electrons. The van der Waals surface area contributed by atoms with Crippen LogP contribution in [0.1, 0.15) is 19.0 Å². The van der Waals surface area contributed by atoms with Crippen molar-refractivity contribution in [3.8, 4) is 0 Å². The first kappa shape index (κ1) is 11.3. The van der Waals surface area contributed by atoms with Crippen molar-refractivity contribution in [1.82, 2.24) is 5.16 Å². The maximum absolute atomic E-state index is 11.4. The number of nitrogens with zero attached hydrogens (tertiary/aromatic N) is 1. The molecule has 2 aromatic rings. The van der Waals surface area contributed by atoms with Crippen molar-refractivity contribution in [2.75, 3.05) is 5.32 Å². The Morgan fingerprint density at radius 1 is 1.41 bits per heavy atom. The number of carbonyl (C=O) groups excluding carboxylic acids is 1. The summed E-state index contributed by atoms with van der Waals surface area (Å²) >= 11 is 0. The number of carbonyl (C=O) groups is 1. The van der Waals surface area contributed by atoms with E-state index in [0.717, 1.165) is 0 Å². The van der Waals surface area contributed by atoms with Crippen LogP contribution >= 0.6 is 0 Å².